The topological polar surface area (TPSA) is 29.1 Å². The summed E-state index contributed by atoms with van der Waals surface area (Å²) in [4.78, 5) is 9.26. The average Bonchev–Trinajstić information content (AvgIpc) is 1.41. The summed E-state index contributed by atoms with van der Waals surface area (Å²) in [6.45, 7) is 3.31. The second-order valence-electron chi connectivity index (χ2n) is 0.573. The zero-order valence-corrected chi connectivity index (χ0v) is 3.06. The smallest absolute Gasteiger partial charge is 0.207 e. The first kappa shape index (κ1) is 4.47. The van der Waals surface area contributed by atoms with Crippen molar-refractivity contribution < 1.29 is 4.79 Å². The van der Waals surface area contributed by atoms with Crippen LogP contribution in [0.1, 0.15) is 6.92 Å². The summed E-state index contributed by atoms with van der Waals surface area (Å²) in [6, 6.07) is 0. The summed E-state index contributed by atoms with van der Waals surface area (Å²) >= 11 is 0. The van der Waals surface area contributed by atoms with Gasteiger partial charge in [0, 0.05) is 6.54 Å². The maximum Gasteiger partial charge on any atom is 0.207 e. The number of amides is 1. The largest absolute Gasteiger partial charge is 0.354 e. The molecule has 0 rings (SSSR count). The van der Waals surface area contributed by atoms with Gasteiger partial charge in [-0.05, 0) is 6.92 Å². The van der Waals surface area contributed by atoms with Crippen LogP contribution in [-0.2, 0) is 4.79 Å². The Morgan fingerprint density at radius 2 is 2.40 bits per heavy atom. The fraction of sp³-hybridized carbons (Fsp3) is 0.333. The minimum Gasteiger partial charge on any atom is -0.354 e. The monoisotopic (exact) mass is 72.0 g/mol. The molecule has 0 bridgehead atoms. The molecular weight excluding hydrogens is 66.0 g/mol. The third kappa shape index (κ3) is 3.47. The molecule has 0 fully saturated rings. The first-order valence-corrected chi connectivity index (χ1v) is 1.39. The molecular formula is C3H6NO. The Bertz CT molecular complexity index is 28.1. The maximum absolute atomic E-state index is 9.26. The van der Waals surface area contributed by atoms with Gasteiger partial charge in [0.25, 0.3) is 0 Å². The lowest BCUT2D eigenvalue weighted by molar-refractivity contribution is -0.109. The number of carbonyl (C=O) groups excluding carboxylic acids is 1. The molecule has 0 saturated heterocycles. The third-order valence-corrected chi connectivity index (χ3v) is 0.235. The van der Waals surface area contributed by atoms with Gasteiger partial charge in [-0.1, -0.05) is 0 Å². The summed E-state index contributed by atoms with van der Waals surface area (Å²) in [7, 11) is 0. The standard InChI is InChI=1S/C3H6NO/c1-2-4-3-5/h2-3H,1H3,(H,4,5). The Balaban J connectivity index is 2.40. The maximum atomic E-state index is 9.26. The molecule has 0 unspecified atom stereocenters. The molecule has 0 aromatic rings. The second-order valence-corrected chi connectivity index (χ2v) is 0.573. The number of carbonyl (C=O) groups is 1. The molecule has 0 aromatic heterocycles. The zero-order chi connectivity index (χ0) is 4.12. The number of rotatable bonds is 2. The Morgan fingerprint density at radius 1 is 1.80 bits per heavy atom. The summed E-state index contributed by atoms with van der Waals surface area (Å²) in [5.74, 6) is 0. The molecule has 29 valence electrons. The fourth-order valence-electron chi connectivity index (χ4n) is 0.0680. The lowest BCUT2D eigenvalue weighted by atomic mass is 10.8. The summed E-state index contributed by atoms with van der Waals surface area (Å²) in [6.07, 6.45) is 0.625. The highest BCUT2D eigenvalue weighted by molar-refractivity contribution is 5.46. The molecule has 0 atom stereocenters. The van der Waals surface area contributed by atoms with Gasteiger partial charge >= 0.3 is 0 Å². The first-order valence-electron chi connectivity index (χ1n) is 1.39. The lowest BCUT2D eigenvalue weighted by Gasteiger charge is -1.77. The van der Waals surface area contributed by atoms with Crippen LogP contribution in [0.2, 0.25) is 0 Å². The molecule has 5 heavy (non-hydrogen) atoms. The highest BCUT2D eigenvalue weighted by Gasteiger charge is 1.60. The highest BCUT2D eigenvalue weighted by atomic mass is 16.1. The van der Waals surface area contributed by atoms with Gasteiger partial charge in [0.05, 0.1) is 0 Å². The van der Waals surface area contributed by atoms with E-state index in [1.54, 1.807) is 13.5 Å². The number of nitrogens with one attached hydrogen (secondary N) is 1. The first-order chi connectivity index (χ1) is 2.41. The van der Waals surface area contributed by atoms with E-state index in [-0.39, 0.29) is 0 Å². The summed E-state index contributed by atoms with van der Waals surface area (Å²) in [5.41, 5.74) is 0. The normalized spacial score (nSPS) is 6.60. The van der Waals surface area contributed by atoms with E-state index in [1.807, 2.05) is 0 Å². The summed E-state index contributed by atoms with van der Waals surface area (Å²) < 4.78 is 0. The SMILES string of the molecule is C[CH]NC=O. The number of hydrogen-bond donors (Lipinski definition) is 1. The molecule has 0 aromatic carbocycles. The number of hydrogen-bond acceptors (Lipinski definition) is 1. The van der Waals surface area contributed by atoms with Crippen LogP contribution in [0.3, 0.4) is 0 Å². The lowest BCUT2D eigenvalue weighted by Crippen LogP contribution is -2.01. The molecule has 0 aliphatic heterocycles. The van der Waals surface area contributed by atoms with E-state index in [0.717, 1.165) is 0 Å². The van der Waals surface area contributed by atoms with Gasteiger partial charge in [0.15, 0.2) is 0 Å². The molecule has 0 aliphatic rings. The quantitative estimate of drug-likeness (QED) is 0.454. The van der Waals surface area contributed by atoms with Crippen molar-refractivity contribution in [2.45, 2.75) is 6.92 Å². The van der Waals surface area contributed by atoms with Gasteiger partial charge in [0.2, 0.25) is 6.41 Å². The van der Waals surface area contributed by atoms with Gasteiger partial charge in [-0.3, -0.25) is 4.79 Å². The average molecular weight is 72.1 g/mol. The minimum absolute atomic E-state index is 0.625. The van der Waals surface area contributed by atoms with E-state index >= 15 is 0 Å². The van der Waals surface area contributed by atoms with Crippen molar-refractivity contribution in [1.82, 2.24) is 5.32 Å². The van der Waals surface area contributed by atoms with Crippen molar-refractivity contribution in [3.8, 4) is 0 Å². The molecule has 2 nitrogen and oxygen atoms in total. The molecule has 0 heterocycles. The van der Waals surface area contributed by atoms with E-state index in [9.17, 15) is 4.79 Å². The van der Waals surface area contributed by atoms with Crippen LogP contribution in [0.15, 0.2) is 0 Å². The Morgan fingerprint density at radius 3 is 2.40 bits per heavy atom. The van der Waals surface area contributed by atoms with E-state index in [4.69, 9.17) is 0 Å². The second kappa shape index (κ2) is 3.47. The van der Waals surface area contributed by atoms with Gasteiger partial charge in [-0.15, -0.1) is 0 Å². The van der Waals surface area contributed by atoms with Crippen LogP contribution in [0.4, 0.5) is 0 Å². The zero-order valence-electron chi connectivity index (χ0n) is 3.06. The molecule has 2 heteroatoms. The Labute approximate surface area is 31.2 Å². The van der Waals surface area contributed by atoms with E-state index in [0.29, 0.717) is 6.41 Å². The van der Waals surface area contributed by atoms with Crippen LogP contribution < -0.4 is 5.32 Å². The van der Waals surface area contributed by atoms with Crippen LogP contribution in [-0.4, -0.2) is 6.41 Å². The molecule has 0 saturated carbocycles. The predicted octanol–water partition coefficient (Wildman–Crippen LogP) is -0.0859. The molecule has 1 radical (unpaired) electrons. The van der Waals surface area contributed by atoms with Crippen molar-refractivity contribution in [3.63, 3.8) is 0 Å². The van der Waals surface area contributed by atoms with Crippen LogP contribution in [0, 0.1) is 6.54 Å². The van der Waals surface area contributed by atoms with E-state index in [2.05, 4.69) is 5.32 Å². The van der Waals surface area contributed by atoms with E-state index < -0.39 is 0 Å². The molecule has 1 N–H and O–H groups in total. The van der Waals surface area contributed by atoms with Crippen molar-refractivity contribution in [2.75, 3.05) is 0 Å². The molecule has 1 amide bonds. The van der Waals surface area contributed by atoms with Gasteiger partial charge in [-0.2, -0.15) is 0 Å². The Kier molecular flexibility index (Phi) is 3.10. The van der Waals surface area contributed by atoms with E-state index in [1.165, 1.54) is 0 Å². The van der Waals surface area contributed by atoms with Crippen LogP contribution >= 0.6 is 0 Å². The van der Waals surface area contributed by atoms with Gasteiger partial charge < -0.3 is 5.32 Å². The molecule has 0 spiro atoms. The highest BCUT2D eigenvalue weighted by Crippen LogP contribution is 1.49. The summed E-state index contributed by atoms with van der Waals surface area (Å²) in [5, 5.41) is 2.31. The van der Waals surface area contributed by atoms with Gasteiger partial charge in [0.1, 0.15) is 0 Å². The van der Waals surface area contributed by atoms with Crippen LogP contribution in [0.25, 0.3) is 0 Å². The Hall–Kier alpha value is -0.530. The van der Waals surface area contributed by atoms with Crippen molar-refractivity contribution in [1.29, 1.82) is 0 Å². The minimum atomic E-state index is 0.625. The predicted molar refractivity (Wildman–Crippen MR) is 19.2 cm³/mol. The molecule has 0 aliphatic carbocycles. The fourth-order valence-corrected chi connectivity index (χ4v) is 0.0680. The van der Waals surface area contributed by atoms with Crippen molar-refractivity contribution >= 4 is 6.41 Å². The van der Waals surface area contributed by atoms with Gasteiger partial charge in [-0.25, -0.2) is 0 Å². The third-order valence-electron chi connectivity index (χ3n) is 0.235. The van der Waals surface area contributed by atoms with Crippen LogP contribution in [0.5, 0.6) is 0 Å². The van der Waals surface area contributed by atoms with Crippen molar-refractivity contribution in [2.24, 2.45) is 0 Å². The van der Waals surface area contributed by atoms with Crippen molar-refractivity contribution in [3.05, 3.63) is 6.54 Å².